The molecule has 0 aliphatic carbocycles. The molecule has 0 amide bonds. The molecule has 0 unspecified atom stereocenters. The van der Waals surface area contributed by atoms with Crippen LogP contribution in [0.1, 0.15) is 25.7 Å². The van der Waals surface area contributed by atoms with E-state index in [2.05, 4.69) is 28.8 Å². The Labute approximate surface area is 112 Å². The molecule has 2 fully saturated rings. The van der Waals surface area contributed by atoms with Gasteiger partial charge in [0, 0.05) is 25.2 Å². The Morgan fingerprint density at radius 2 is 1.50 bits per heavy atom. The summed E-state index contributed by atoms with van der Waals surface area (Å²) in [4.78, 5) is 7.64. The molecular weight excluding hydrogens is 224 g/mol. The van der Waals surface area contributed by atoms with Crippen LogP contribution in [0.2, 0.25) is 0 Å². The highest BCUT2D eigenvalue weighted by molar-refractivity contribution is 4.84. The van der Waals surface area contributed by atoms with E-state index in [4.69, 9.17) is 5.73 Å². The van der Waals surface area contributed by atoms with Gasteiger partial charge in [-0.15, -0.1) is 0 Å². The molecule has 0 aromatic heterocycles. The van der Waals surface area contributed by atoms with Crippen LogP contribution in [0.15, 0.2) is 0 Å². The molecule has 18 heavy (non-hydrogen) atoms. The van der Waals surface area contributed by atoms with Crippen molar-refractivity contribution >= 4 is 0 Å². The Hall–Kier alpha value is -0.160. The van der Waals surface area contributed by atoms with Crippen molar-refractivity contribution in [2.45, 2.75) is 37.8 Å². The Bertz CT molecular complexity index is 230. The van der Waals surface area contributed by atoms with Gasteiger partial charge in [0.2, 0.25) is 0 Å². The fourth-order valence-electron chi connectivity index (χ4n) is 3.43. The van der Waals surface area contributed by atoms with Crippen molar-refractivity contribution in [3.8, 4) is 0 Å². The highest BCUT2D eigenvalue weighted by Gasteiger charge is 2.28. The summed E-state index contributed by atoms with van der Waals surface area (Å²) in [5.41, 5.74) is 5.63. The van der Waals surface area contributed by atoms with Gasteiger partial charge in [-0.2, -0.15) is 0 Å². The number of hydrogen-bond acceptors (Lipinski definition) is 4. The second-order valence-electron chi connectivity index (χ2n) is 6.06. The number of likely N-dealkylation sites (tertiary alicyclic amines) is 2. The Morgan fingerprint density at radius 3 is 2.00 bits per heavy atom. The van der Waals surface area contributed by atoms with E-state index in [1.54, 1.807) is 0 Å². The number of piperidine rings is 2. The van der Waals surface area contributed by atoms with E-state index in [1.807, 2.05) is 0 Å². The van der Waals surface area contributed by atoms with Crippen LogP contribution in [-0.4, -0.2) is 80.1 Å². The maximum Gasteiger partial charge on any atom is 0.0119 e. The molecule has 2 heterocycles. The summed E-state index contributed by atoms with van der Waals surface area (Å²) in [5.74, 6) is 0. The van der Waals surface area contributed by atoms with E-state index < -0.39 is 0 Å². The standard InChI is InChI=1S/C14H30N4/c1-16-8-3-13(4-9-16)17(2)14-5-10-18(11-6-14)12-7-15/h13-14H,3-12,15H2,1-2H3. The highest BCUT2D eigenvalue weighted by atomic mass is 15.2. The van der Waals surface area contributed by atoms with Gasteiger partial charge in [-0.1, -0.05) is 0 Å². The van der Waals surface area contributed by atoms with Crippen molar-refractivity contribution in [3.63, 3.8) is 0 Å². The summed E-state index contributed by atoms with van der Waals surface area (Å²) < 4.78 is 0. The zero-order valence-electron chi connectivity index (χ0n) is 12.1. The minimum absolute atomic E-state index is 0.799. The van der Waals surface area contributed by atoms with Gasteiger partial charge in [0.15, 0.2) is 0 Å². The van der Waals surface area contributed by atoms with E-state index in [0.717, 1.165) is 25.2 Å². The molecule has 0 aromatic carbocycles. The number of hydrogen-bond donors (Lipinski definition) is 1. The van der Waals surface area contributed by atoms with Gasteiger partial charge in [0.1, 0.15) is 0 Å². The van der Waals surface area contributed by atoms with Crippen LogP contribution in [0.3, 0.4) is 0 Å². The average molecular weight is 254 g/mol. The van der Waals surface area contributed by atoms with Crippen molar-refractivity contribution in [2.75, 3.05) is 53.4 Å². The predicted octanol–water partition coefficient (Wildman–Crippen LogP) is 0.436. The molecule has 2 saturated heterocycles. The third kappa shape index (κ3) is 3.67. The van der Waals surface area contributed by atoms with Crippen LogP contribution in [0, 0.1) is 0 Å². The lowest BCUT2D eigenvalue weighted by atomic mass is 9.97. The zero-order valence-corrected chi connectivity index (χ0v) is 12.1. The van der Waals surface area contributed by atoms with Crippen LogP contribution in [0.4, 0.5) is 0 Å². The molecule has 106 valence electrons. The zero-order chi connectivity index (χ0) is 13.0. The second-order valence-corrected chi connectivity index (χ2v) is 6.06. The number of rotatable bonds is 4. The molecule has 2 aliphatic rings. The normalized spacial score (nSPS) is 26.0. The van der Waals surface area contributed by atoms with Crippen LogP contribution in [-0.2, 0) is 0 Å². The lowest BCUT2D eigenvalue weighted by Crippen LogP contribution is -2.50. The molecule has 2 aliphatic heterocycles. The van der Waals surface area contributed by atoms with Crippen molar-refractivity contribution in [2.24, 2.45) is 5.73 Å². The van der Waals surface area contributed by atoms with Crippen LogP contribution < -0.4 is 5.73 Å². The van der Waals surface area contributed by atoms with Gasteiger partial charge >= 0.3 is 0 Å². The fourth-order valence-corrected chi connectivity index (χ4v) is 3.43. The maximum absolute atomic E-state index is 5.63. The van der Waals surface area contributed by atoms with Crippen LogP contribution >= 0.6 is 0 Å². The van der Waals surface area contributed by atoms with Crippen molar-refractivity contribution < 1.29 is 0 Å². The maximum atomic E-state index is 5.63. The Balaban J connectivity index is 1.75. The van der Waals surface area contributed by atoms with E-state index in [9.17, 15) is 0 Å². The SMILES string of the molecule is CN1CCC(N(C)C2CCN(CCN)CC2)CC1. The first-order valence-electron chi connectivity index (χ1n) is 7.53. The van der Waals surface area contributed by atoms with E-state index >= 15 is 0 Å². The first-order chi connectivity index (χ1) is 8.70. The van der Waals surface area contributed by atoms with Gasteiger partial charge in [-0.25, -0.2) is 0 Å². The topological polar surface area (TPSA) is 35.7 Å². The summed E-state index contributed by atoms with van der Waals surface area (Å²) >= 11 is 0. The molecule has 4 heteroatoms. The molecule has 0 radical (unpaired) electrons. The average Bonchev–Trinajstić information content (AvgIpc) is 2.40. The minimum atomic E-state index is 0.799. The number of nitrogens with zero attached hydrogens (tertiary/aromatic N) is 3. The minimum Gasteiger partial charge on any atom is -0.329 e. The highest BCUT2D eigenvalue weighted by Crippen LogP contribution is 2.22. The molecular formula is C14H30N4. The van der Waals surface area contributed by atoms with Gasteiger partial charge in [0.05, 0.1) is 0 Å². The fraction of sp³-hybridized carbons (Fsp3) is 1.00. The lowest BCUT2D eigenvalue weighted by Gasteiger charge is -2.42. The van der Waals surface area contributed by atoms with E-state index in [1.165, 1.54) is 51.9 Å². The van der Waals surface area contributed by atoms with E-state index in [-0.39, 0.29) is 0 Å². The largest absolute Gasteiger partial charge is 0.329 e. The molecule has 4 nitrogen and oxygen atoms in total. The van der Waals surface area contributed by atoms with Crippen molar-refractivity contribution in [1.29, 1.82) is 0 Å². The monoisotopic (exact) mass is 254 g/mol. The van der Waals surface area contributed by atoms with Crippen molar-refractivity contribution in [1.82, 2.24) is 14.7 Å². The molecule has 0 saturated carbocycles. The summed E-state index contributed by atoms with van der Waals surface area (Å²) in [6.07, 6.45) is 5.33. The first-order valence-corrected chi connectivity index (χ1v) is 7.53. The second kappa shape index (κ2) is 6.85. The van der Waals surface area contributed by atoms with Gasteiger partial charge in [-0.05, 0) is 66.0 Å². The molecule has 0 bridgehead atoms. The third-order valence-electron chi connectivity index (χ3n) is 4.84. The van der Waals surface area contributed by atoms with Crippen LogP contribution in [0.5, 0.6) is 0 Å². The van der Waals surface area contributed by atoms with Gasteiger partial charge < -0.3 is 20.4 Å². The molecule has 0 spiro atoms. The lowest BCUT2D eigenvalue weighted by molar-refractivity contribution is 0.0670. The van der Waals surface area contributed by atoms with E-state index in [0.29, 0.717) is 0 Å². The Kier molecular flexibility index (Phi) is 5.42. The van der Waals surface area contributed by atoms with Crippen LogP contribution in [0.25, 0.3) is 0 Å². The summed E-state index contributed by atoms with van der Waals surface area (Å²) in [6.45, 7) is 6.87. The molecule has 2 N–H and O–H groups in total. The summed E-state index contributed by atoms with van der Waals surface area (Å²) in [7, 11) is 4.58. The number of nitrogens with two attached hydrogens (primary N) is 1. The quantitative estimate of drug-likeness (QED) is 0.789. The van der Waals surface area contributed by atoms with Gasteiger partial charge in [-0.3, -0.25) is 0 Å². The molecule has 2 rings (SSSR count). The summed E-state index contributed by atoms with van der Waals surface area (Å²) in [6, 6.07) is 1.61. The Morgan fingerprint density at radius 1 is 1.00 bits per heavy atom. The van der Waals surface area contributed by atoms with Crippen molar-refractivity contribution in [3.05, 3.63) is 0 Å². The predicted molar refractivity (Wildman–Crippen MR) is 76.8 cm³/mol. The molecule has 0 aromatic rings. The first kappa shape index (κ1) is 14.3. The third-order valence-corrected chi connectivity index (χ3v) is 4.84. The summed E-state index contributed by atoms with van der Waals surface area (Å²) in [5, 5.41) is 0. The van der Waals surface area contributed by atoms with Gasteiger partial charge in [0.25, 0.3) is 0 Å². The smallest absolute Gasteiger partial charge is 0.0119 e. The molecule has 0 atom stereocenters.